The van der Waals surface area contributed by atoms with Gasteiger partial charge in [0.05, 0.1) is 5.69 Å². The maximum Gasteiger partial charge on any atom is 0.0702 e. The first-order valence-electron chi connectivity index (χ1n) is 16.7. The van der Waals surface area contributed by atoms with Gasteiger partial charge in [-0.15, -0.1) is 71.8 Å². The number of nitrogens with zero attached hydrogens (tertiary/aromatic N) is 3. The van der Waals surface area contributed by atoms with Gasteiger partial charge in [-0.3, -0.25) is 4.98 Å². The van der Waals surface area contributed by atoms with Gasteiger partial charge in [-0.1, -0.05) is 78.9 Å². The molecule has 0 spiro atoms. The summed E-state index contributed by atoms with van der Waals surface area (Å²) in [5.41, 5.74) is 14.0. The van der Waals surface area contributed by atoms with E-state index in [1.165, 1.54) is 33.4 Å². The number of hydrogen-bond acceptors (Lipinski definition) is 3. The third kappa shape index (κ3) is 9.32. The van der Waals surface area contributed by atoms with E-state index in [-0.39, 0.29) is 20.1 Å². The predicted molar refractivity (Wildman–Crippen MR) is 195 cm³/mol. The molecule has 0 atom stereocenters. The molecule has 4 heteroatoms. The number of hydrogen-bond donors (Lipinski definition) is 0. The molecule has 0 aliphatic rings. The van der Waals surface area contributed by atoms with Crippen LogP contribution in [0.4, 0.5) is 0 Å². The average Bonchev–Trinajstić information content (AvgIpc) is 3.17. The fourth-order valence-corrected chi connectivity index (χ4v) is 6.06. The van der Waals surface area contributed by atoms with Crippen LogP contribution in [0.2, 0.25) is 0 Å². The van der Waals surface area contributed by atoms with Gasteiger partial charge in [0, 0.05) is 44.3 Å². The molecule has 7 aromatic rings. The second kappa shape index (κ2) is 16.9. The molecule has 7 rings (SSSR count). The van der Waals surface area contributed by atoms with Crippen LogP contribution in [0.15, 0.2) is 152 Å². The van der Waals surface area contributed by atoms with E-state index >= 15 is 0 Å². The molecule has 0 unspecified atom stereocenters. The molecule has 49 heavy (non-hydrogen) atoms. The molecule has 0 fully saturated rings. The van der Waals surface area contributed by atoms with Gasteiger partial charge in [0.15, 0.2) is 0 Å². The molecule has 0 saturated heterocycles. The van der Waals surface area contributed by atoms with Crippen molar-refractivity contribution >= 4 is 0 Å². The van der Waals surface area contributed by atoms with Crippen molar-refractivity contribution in [2.24, 2.45) is 0 Å². The van der Waals surface area contributed by atoms with Crippen molar-refractivity contribution in [1.29, 1.82) is 0 Å². The van der Waals surface area contributed by atoms with E-state index in [9.17, 15) is 0 Å². The summed E-state index contributed by atoms with van der Waals surface area (Å²) in [5, 5.41) is 0. The third-order valence-corrected chi connectivity index (χ3v) is 8.73. The molecule has 3 aromatic heterocycles. The molecular formula is C45H37IrN3-2. The maximum atomic E-state index is 4.76. The minimum atomic E-state index is 0. The summed E-state index contributed by atoms with van der Waals surface area (Å²) in [5.74, 6) is 0. The molecule has 1 radical (unpaired) electrons. The van der Waals surface area contributed by atoms with Crippen molar-refractivity contribution in [3.63, 3.8) is 0 Å². The molecule has 0 aliphatic heterocycles. The minimum absolute atomic E-state index is 0. The van der Waals surface area contributed by atoms with Gasteiger partial charge in [-0.05, 0) is 89.4 Å². The van der Waals surface area contributed by atoms with Crippen LogP contribution in [0.3, 0.4) is 0 Å². The van der Waals surface area contributed by atoms with E-state index in [1.807, 2.05) is 61.1 Å². The normalized spacial score (nSPS) is 10.8. The van der Waals surface area contributed by atoms with Crippen LogP contribution in [0.25, 0.3) is 33.8 Å². The Morgan fingerprint density at radius 2 is 0.755 bits per heavy atom. The Morgan fingerprint density at radius 1 is 0.367 bits per heavy atom. The van der Waals surface area contributed by atoms with Crippen LogP contribution >= 0.6 is 0 Å². The van der Waals surface area contributed by atoms with Crippen LogP contribution in [-0.4, -0.2) is 15.0 Å². The Bertz CT molecular complexity index is 1770. The summed E-state index contributed by atoms with van der Waals surface area (Å²) in [6, 6.07) is 53.0. The van der Waals surface area contributed by atoms with Crippen molar-refractivity contribution in [1.82, 2.24) is 15.0 Å². The number of pyridine rings is 3. The monoisotopic (exact) mass is 812 g/mol. The summed E-state index contributed by atoms with van der Waals surface area (Å²) in [7, 11) is 0. The van der Waals surface area contributed by atoms with Gasteiger partial charge in [0.2, 0.25) is 0 Å². The van der Waals surface area contributed by atoms with Gasteiger partial charge in [-0.2, -0.15) is 0 Å². The summed E-state index contributed by atoms with van der Waals surface area (Å²) in [6.07, 6.45) is 11.8. The van der Waals surface area contributed by atoms with Crippen molar-refractivity contribution in [2.75, 3.05) is 0 Å². The van der Waals surface area contributed by atoms with Gasteiger partial charge in [-0.25, -0.2) is 0 Å². The van der Waals surface area contributed by atoms with E-state index in [4.69, 9.17) is 15.0 Å². The zero-order valence-corrected chi connectivity index (χ0v) is 29.7. The van der Waals surface area contributed by atoms with Crippen molar-refractivity contribution < 1.29 is 20.1 Å². The van der Waals surface area contributed by atoms with E-state index in [0.717, 1.165) is 72.3 Å². The van der Waals surface area contributed by atoms with Crippen molar-refractivity contribution in [3.05, 3.63) is 198 Å². The molecule has 3 heterocycles. The van der Waals surface area contributed by atoms with E-state index < -0.39 is 0 Å². The van der Waals surface area contributed by atoms with Crippen LogP contribution < -0.4 is 0 Å². The number of aryl methyl sites for hydroxylation is 6. The molecule has 0 N–H and O–H groups in total. The van der Waals surface area contributed by atoms with E-state index in [0.29, 0.717) is 0 Å². The largest absolute Gasteiger partial charge is 0.304 e. The Morgan fingerprint density at radius 3 is 1.12 bits per heavy atom. The molecule has 4 aromatic carbocycles. The summed E-state index contributed by atoms with van der Waals surface area (Å²) < 4.78 is 0. The van der Waals surface area contributed by atoms with Gasteiger partial charge < -0.3 is 9.97 Å². The Hall–Kier alpha value is -5.02. The van der Waals surface area contributed by atoms with Gasteiger partial charge in [0.25, 0.3) is 0 Å². The number of benzene rings is 4. The third-order valence-electron chi connectivity index (χ3n) is 8.73. The van der Waals surface area contributed by atoms with E-state index in [2.05, 4.69) is 103 Å². The molecule has 0 bridgehead atoms. The predicted octanol–water partition coefficient (Wildman–Crippen LogP) is 9.83. The SMILES string of the molecule is [Ir].[c-]1ccccc1-c1ccc(CCc2cc(CCc3ccc(-c4[c-]cccc4)nc3)cc(CCc3ccc(-c4ccccc4)nc3)c2)cn1. The van der Waals surface area contributed by atoms with Crippen LogP contribution in [0, 0.1) is 12.1 Å². The molecule has 3 nitrogen and oxygen atoms in total. The first kappa shape index (κ1) is 33.9. The zero-order chi connectivity index (χ0) is 32.4. The maximum absolute atomic E-state index is 4.76. The average molecular weight is 812 g/mol. The standard InChI is InChI=1S/C45H37N3.Ir/c1-4-10-40(11-5-1)43-25-22-34(31-46-43)16-19-37-28-38(20-17-35-23-26-44(47-32-35)41-12-6-2-7-13-41)30-39(29-37)21-18-36-24-27-45(48-33-36)42-14-8-3-9-15-42;/h1-12,14,22-33H,16-21H2;/q-2;. The second-order valence-electron chi connectivity index (χ2n) is 12.2. The Kier molecular flexibility index (Phi) is 11.7. The fraction of sp³-hybridized carbons (Fsp3) is 0.133. The van der Waals surface area contributed by atoms with Gasteiger partial charge >= 0.3 is 0 Å². The quantitative estimate of drug-likeness (QED) is 0.115. The first-order chi connectivity index (χ1) is 23.7. The summed E-state index contributed by atoms with van der Waals surface area (Å²) in [6.45, 7) is 0. The molecule has 243 valence electrons. The van der Waals surface area contributed by atoms with E-state index in [1.54, 1.807) is 0 Å². The minimum Gasteiger partial charge on any atom is -0.304 e. The molecule has 0 amide bonds. The number of aromatic nitrogens is 3. The van der Waals surface area contributed by atoms with Crippen LogP contribution in [-0.2, 0) is 58.6 Å². The molecule has 0 saturated carbocycles. The second-order valence-corrected chi connectivity index (χ2v) is 12.2. The van der Waals surface area contributed by atoms with Crippen molar-refractivity contribution in [2.45, 2.75) is 38.5 Å². The molecule has 0 aliphatic carbocycles. The first-order valence-corrected chi connectivity index (χ1v) is 16.7. The number of rotatable bonds is 12. The fourth-order valence-electron chi connectivity index (χ4n) is 6.06. The summed E-state index contributed by atoms with van der Waals surface area (Å²) in [4.78, 5) is 14.2. The Balaban J connectivity index is 0.00000417. The Labute approximate surface area is 303 Å². The topological polar surface area (TPSA) is 38.7 Å². The van der Waals surface area contributed by atoms with Crippen molar-refractivity contribution in [3.8, 4) is 33.8 Å². The smallest absolute Gasteiger partial charge is 0.0702 e. The summed E-state index contributed by atoms with van der Waals surface area (Å²) >= 11 is 0. The zero-order valence-electron chi connectivity index (χ0n) is 27.4. The molecular weight excluding hydrogens is 775 g/mol. The van der Waals surface area contributed by atoms with Gasteiger partial charge in [0.1, 0.15) is 0 Å². The van der Waals surface area contributed by atoms with Crippen LogP contribution in [0.5, 0.6) is 0 Å². The van der Waals surface area contributed by atoms with Crippen LogP contribution in [0.1, 0.15) is 33.4 Å².